The zero-order chi connectivity index (χ0) is 15.0. The fourth-order valence-electron chi connectivity index (χ4n) is 3.20. The highest BCUT2D eigenvalue weighted by Gasteiger charge is 2.28. The Morgan fingerprint density at radius 2 is 2.19 bits per heavy atom. The topological polar surface area (TPSA) is 61.4 Å². The first-order chi connectivity index (χ1) is 10.1. The molecule has 1 aliphatic heterocycles. The predicted molar refractivity (Wildman–Crippen MR) is 80.1 cm³/mol. The number of Topliss-reactive ketones (excluding diaryl/α,β-unsaturated/α-hetero) is 1. The summed E-state index contributed by atoms with van der Waals surface area (Å²) in [5, 5.41) is 13.4. The number of nitrogens with zero attached hydrogens (tertiary/aromatic N) is 4. The molecular formula is C16H18N4O. The highest BCUT2D eigenvalue weighted by Crippen LogP contribution is 2.30. The van der Waals surface area contributed by atoms with Gasteiger partial charge in [0.1, 0.15) is 17.5 Å². The van der Waals surface area contributed by atoms with E-state index < -0.39 is 0 Å². The number of anilines is 1. The lowest BCUT2D eigenvalue weighted by Crippen LogP contribution is -2.42. The number of carbonyl (C=O) groups is 1. The first-order valence-corrected chi connectivity index (χ1v) is 7.22. The molecule has 0 aromatic carbocycles. The summed E-state index contributed by atoms with van der Waals surface area (Å²) >= 11 is 0. The van der Waals surface area contributed by atoms with Gasteiger partial charge in [-0.05, 0) is 37.5 Å². The Hall–Kier alpha value is -2.35. The number of aromatic nitrogens is 2. The van der Waals surface area contributed by atoms with Gasteiger partial charge >= 0.3 is 0 Å². The molecule has 0 N–H and O–H groups in total. The number of carbonyl (C=O) groups excluding carboxylic acids is 1. The quantitative estimate of drug-likeness (QED) is 0.847. The van der Waals surface area contributed by atoms with Crippen LogP contribution in [0.4, 0.5) is 5.69 Å². The zero-order valence-corrected chi connectivity index (χ0v) is 12.3. The number of piperidine rings is 1. The van der Waals surface area contributed by atoms with E-state index in [4.69, 9.17) is 5.26 Å². The number of hydrogen-bond acceptors (Lipinski definition) is 4. The van der Waals surface area contributed by atoms with E-state index in [0.717, 1.165) is 30.7 Å². The van der Waals surface area contributed by atoms with E-state index in [-0.39, 0.29) is 11.7 Å². The number of rotatable bonds is 2. The van der Waals surface area contributed by atoms with Gasteiger partial charge in [-0.3, -0.25) is 4.79 Å². The summed E-state index contributed by atoms with van der Waals surface area (Å²) in [6.45, 7) is 5.52. The van der Waals surface area contributed by atoms with Gasteiger partial charge in [0.15, 0.2) is 0 Å². The van der Waals surface area contributed by atoms with Crippen LogP contribution >= 0.6 is 0 Å². The predicted octanol–water partition coefficient (Wildman–Crippen LogP) is 2.26. The minimum Gasteiger partial charge on any atom is -0.369 e. The molecule has 0 radical (unpaired) electrons. The van der Waals surface area contributed by atoms with Crippen LogP contribution in [0, 0.1) is 23.2 Å². The summed E-state index contributed by atoms with van der Waals surface area (Å²) in [5.74, 6) is 0.823. The largest absolute Gasteiger partial charge is 0.369 e. The van der Waals surface area contributed by atoms with E-state index in [1.54, 1.807) is 23.7 Å². The van der Waals surface area contributed by atoms with Gasteiger partial charge < -0.3 is 4.90 Å². The van der Waals surface area contributed by atoms with Crippen LogP contribution in [0.15, 0.2) is 24.4 Å². The fourth-order valence-corrected chi connectivity index (χ4v) is 3.20. The Morgan fingerprint density at radius 3 is 2.90 bits per heavy atom. The normalized spacial score (nSPS) is 22.2. The van der Waals surface area contributed by atoms with Gasteiger partial charge in [-0.15, -0.1) is 0 Å². The average molecular weight is 282 g/mol. The molecule has 2 unspecified atom stereocenters. The van der Waals surface area contributed by atoms with Gasteiger partial charge in [0.25, 0.3) is 0 Å². The average Bonchev–Trinajstić information content (AvgIpc) is 2.94. The highest BCUT2D eigenvalue weighted by atomic mass is 16.1. The monoisotopic (exact) mass is 282 g/mol. The molecule has 3 heterocycles. The van der Waals surface area contributed by atoms with Crippen molar-refractivity contribution in [2.75, 3.05) is 18.0 Å². The van der Waals surface area contributed by atoms with Crippen LogP contribution in [0.5, 0.6) is 0 Å². The molecule has 0 bridgehead atoms. The third-order valence-electron chi connectivity index (χ3n) is 4.22. The molecule has 0 spiro atoms. The number of ketones is 1. The van der Waals surface area contributed by atoms with E-state index in [2.05, 4.69) is 23.0 Å². The molecule has 5 nitrogen and oxygen atoms in total. The lowest BCUT2D eigenvalue weighted by atomic mass is 9.87. The molecule has 1 aliphatic rings. The molecule has 2 aromatic rings. The van der Waals surface area contributed by atoms with Crippen LogP contribution in [0.1, 0.15) is 26.0 Å². The Labute approximate surface area is 123 Å². The molecule has 0 saturated carbocycles. The lowest BCUT2D eigenvalue weighted by molar-refractivity contribution is -0.121. The van der Waals surface area contributed by atoms with E-state index in [9.17, 15) is 4.79 Å². The molecule has 5 heteroatoms. The summed E-state index contributed by atoms with van der Waals surface area (Å²) in [6, 6.07) is 7.82. The molecular weight excluding hydrogens is 264 g/mol. The molecule has 108 valence electrons. The molecule has 3 rings (SSSR count). The van der Waals surface area contributed by atoms with E-state index in [1.807, 2.05) is 12.1 Å². The first-order valence-electron chi connectivity index (χ1n) is 7.22. The van der Waals surface area contributed by atoms with Crippen LogP contribution in [-0.2, 0) is 4.79 Å². The van der Waals surface area contributed by atoms with Crippen LogP contribution < -0.4 is 4.90 Å². The van der Waals surface area contributed by atoms with Crippen LogP contribution in [-0.4, -0.2) is 28.5 Å². The summed E-state index contributed by atoms with van der Waals surface area (Å²) < 4.78 is 1.66. The van der Waals surface area contributed by atoms with Crippen molar-refractivity contribution >= 4 is 17.0 Å². The van der Waals surface area contributed by atoms with Crippen molar-refractivity contribution < 1.29 is 4.79 Å². The van der Waals surface area contributed by atoms with Gasteiger partial charge in [0.2, 0.25) is 0 Å². The molecule has 2 aromatic heterocycles. The smallest absolute Gasteiger partial charge is 0.142 e. The van der Waals surface area contributed by atoms with Gasteiger partial charge in [-0.25, -0.2) is 4.52 Å². The summed E-state index contributed by atoms with van der Waals surface area (Å²) in [6.07, 6.45) is 2.66. The van der Waals surface area contributed by atoms with Crippen molar-refractivity contribution in [2.45, 2.75) is 20.3 Å². The molecule has 2 atom stereocenters. The van der Waals surface area contributed by atoms with Crippen molar-refractivity contribution in [1.29, 1.82) is 5.26 Å². The van der Waals surface area contributed by atoms with Crippen molar-refractivity contribution in [3.8, 4) is 6.07 Å². The molecule has 1 fully saturated rings. The second-order valence-electron chi connectivity index (χ2n) is 5.90. The number of nitriles is 1. The second kappa shape index (κ2) is 5.21. The maximum absolute atomic E-state index is 11.7. The van der Waals surface area contributed by atoms with Crippen molar-refractivity contribution in [1.82, 2.24) is 9.61 Å². The van der Waals surface area contributed by atoms with Gasteiger partial charge in [0, 0.05) is 19.0 Å². The van der Waals surface area contributed by atoms with Crippen LogP contribution in [0.2, 0.25) is 0 Å². The second-order valence-corrected chi connectivity index (χ2v) is 5.90. The van der Waals surface area contributed by atoms with Crippen LogP contribution in [0.25, 0.3) is 5.52 Å². The molecule has 1 saturated heterocycles. The van der Waals surface area contributed by atoms with Gasteiger partial charge in [-0.1, -0.05) is 6.92 Å². The molecule has 0 aliphatic carbocycles. The van der Waals surface area contributed by atoms with E-state index in [1.165, 1.54) is 0 Å². The highest BCUT2D eigenvalue weighted by molar-refractivity contribution is 5.80. The minimum atomic E-state index is 0.0902. The van der Waals surface area contributed by atoms with Gasteiger partial charge in [0.05, 0.1) is 17.4 Å². The van der Waals surface area contributed by atoms with Crippen molar-refractivity contribution in [2.24, 2.45) is 11.8 Å². The fraction of sp³-hybridized carbons (Fsp3) is 0.438. The zero-order valence-electron chi connectivity index (χ0n) is 12.3. The Bertz CT molecular complexity index is 727. The first kappa shape index (κ1) is 13.6. The third-order valence-corrected chi connectivity index (χ3v) is 4.22. The Balaban J connectivity index is 2.02. The Kier molecular flexibility index (Phi) is 3.38. The van der Waals surface area contributed by atoms with E-state index in [0.29, 0.717) is 11.6 Å². The van der Waals surface area contributed by atoms with Crippen LogP contribution in [0.3, 0.4) is 0 Å². The molecule has 21 heavy (non-hydrogen) atoms. The van der Waals surface area contributed by atoms with Crippen molar-refractivity contribution in [3.63, 3.8) is 0 Å². The Morgan fingerprint density at radius 1 is 1.38 bits per heavy atom. The van der Waals surface area contributed by atoms with E-state index >= 15 is 0 Å². The maximum Gasteiger partial charge on any atom is 0.142 e. The summed E-state index contributed by atoms with van der Waals surface area (Å²) in [5.41, 5.74) is 2.49. The minimum absolute atomic E-state index is 0.0902. The maximum atomic E-state index is 11.7. The SMILES string of the molecule is CC(=O)C1CC(C)CN(c2ccc(C#N)n3nccc23)C1. The summed E-state index contributed by atoms with van der Waals surface area (Å²) in [7, 11) is 0. The lowest BCUT2D eigenvalue weighted by Gasteiger charge is -2.37. The van der Waals surface area contributed by atoms with Crippen molar-refractivity contribution in [3.05, 3.63) is 30.1 Å². The molecule has 0 amide bonds. The van der Waals surface area contributed by atoms with Gasteiger partial charge in [-0.2, -0.15) is 10.4 Å². The standard InChI is InChI=1S/C16H18N4O/c1-11-7-13(12(2)21)10-19(9-11)15-4-3-14(8-17)20-16(15)5-6-18-20/h3-6,11,13H,7,9-10H2,1-2H3. The summed E-state index contributed by atoms with van der Waals surface area (Å²) in [4.78, 5) is 14.0. The number of pyridine rings is 1. The third kappa shape index (κ3) is 2.38. The number of fused-ring (bicyclic) bond motifs is 1. The number of hydrogen-bond donors (Lipinski definition) is 0.